The van der Waals surface area contributed by atoms with Crippen LogP contribution in [0.2, 0.25) is 0 Å². The predicted molar refractivity (Wildman–Crippen MR) is 115 cm³/mol. The van der Waals surface area contributed by atoms with E-state index in [9.17, 15) is 0 Å². The summed E-state index contributed by atoms with van der Waals surface area (Å²) in [6.07, 6.45) is 8.14. The maximum absolute atomic E-state index is 2.71. The number of thioether (sulfide) groups is 1. The van der Waals surface area contributed by atoms with E-state index in [4.69, 9.17) is 0 Å². The van der Waals surface area contributed by atoms with Crippen LogP contribution in [0.1, 0.15) is 51.0 Å². The number of benzene rings is 2. The molecule has 26 heavy (non-hydrogen) atoms. The van der Waals surface area contributed by atoms with Gasteiger partial charge >= 0.3 is 0 Å². The maximum atomic E-state index is 2.71. The molecule has 3 atom stereocenters. The Bertz CT molecular complexity index is 686. The van der Waals surface area contributed by atoms with E-state index in [0.29, 0.717) is 16.7 Å². The van der Waals surface area contributed by atoms with Gasteiger partial charge in [0.1, 0.15) is 0 Å². The van der Waals surface area contributed by atoms with Crippen LogP contribution in [0.4, 0.5) is 5.69 Å². The Kier molecular flexibility index (Phi) is 5.59. The molecule has 0 spiro atoms. The Hall–Kier alpha value is -1.41. The Morgan fingerprint density at radius 3 is 2.35 bits per heavy atom. The van der Waals surface area contributed by atoms with Gasteiger partial charge in [0.15, 0.2) is 0 Å². The minimum absolute atomic E-state index is 0.354. The summed E-state index contributed by atoms with van der Waals surface area (Å²) in [5, 5.41) is 0.713. The molecular formula is C24H31NS. The molecule has 1 nitrogen and oxygen atoms in total. The highest BCUT2D eigenvalue weighted by Gasteiger charge is 2.60. The number of unbranched alkanes of at least 4 members (excludes halogenated alkanes) is 3. The van der Waals surface area contributed by atoms with Crippen LogP contribution in [0.5, 0.6) is 0 Å². The number of hydrogen-bond donors (Lipinski definition) is 0. The number of anilines is 1. The predicted octanol–water partition coefficient (Wildman–Crippen LogP) is 6.29. The van der Waals surface area contributed by atoms with Crippen molar-refractivity contribution < 1.29 is 0 Å². The van der Waals surface area contributed by atoms with Gasteiger partial charge in [0, 0.05) is 28.9 Å². The lowest BCUT2D eigenvalue weighted by Crippen LogP contribution is -2.54. The fourth-order valence-electron chi connectivity index (χ4n) is 4.99. The minimum Gasteiger partial charge on any atom is -0.366 e. The molecule has 1 aliphatic heterocycles. The van der Waals surface area contributed by atoms with Crippen LogP contribution in [0.15, 0.2) is 60.7 Å². The van der Waals surface area contributed by atoms with Crippen LogP contribution in [0, 0.1) is 0 Å². The van der Waals surface area contributed by atoms with E-state index in [-0.39, 0.29) is 0 Å². The lowest BCUT2D eigenvalue weighted by molar-refractivity contribution is 0.233. The van der Waals surface area contributed by atoms with Crippen LogP contribution in [0.3, 0.4) is 0 Å². The molecule has 2 aromatic rings. The van der Waals surface area contributed by atoms with Crippen molar-refractivity contribution in [3.63, 3.8) is 0 Å². The molecule has 4 rings (SSSR count). The van der Waals surface area contributed by atoms with Crippen LogP contribution < -0.4 is 4.90 Å². The minimum atomic E-state index is 0.354. The van der Waals surface area contributed by atoms with Crippen LogP contribution in [0.25, 0.3) is 0 Å². The second kappa shape index (κ2) is 8.08. The molecule has 0 aromatic heterocycles. The van der Waals surface area contributed by atoms with Gasteiger partial charge in [-0.1, -0.05) is 74.7 Å². The van der Waals surface area contributed by atoms with E-state index in [1.54, 1.807) is 5.56 Å². The Morgan fingerprint density at radius 1 is 0.962 bits per heavy atom. The molecular weight excluding hydrogens is 334 g/mol. The molecule has 1 heterocycles. The van der Waals surface area contributed by atoms with Crippen molar-refractivity contribution in [2.24, 2.45) is 0 Å². The van der Waals surface area contributed by atoms with Gasteiger partial charge in [-0.15, -0.1) is 0 Å². The normalized spacial score (nSPS) is 27.2. The molecule has 138 valence electrons. The fraction of sp³-hybridized carbons (Fsp3) is 0.500. The van der Waals surface area contributed by atoms with Crippen molar-refractivity contribution in [1.82, 2.24) is 0 Å². The molecule has 2 heteroatoms. The Balaban J connectivity index is 1.56. The van der Waals surface area contributed by atoms with Crippen molar-refractivity contribution in [2.75, 3.05) is 17.2 Å². The molecule has 1 saturated carbocycles. The first-order valence-electron chi connectivity index (χ1n) is 10.3. The van der Waals surface area contributed by atoms with Crippen molar-refractivity contribution in [1.29, 1.82) is 0 Å². The van der Waals surface area contributed by atoms with Gasteiger partial charge in [0.2, 0.25) is 0 Å². The number of nitrogens with zero attached hydrogens (tertiary/aromatic N) is 1. The van der Waals surface area contributed by atoms with Gasteiger partial charge in [-0.05, 0) is 42.7 Å². The van der Waals surface area contributed by atoms with E-state index < -0.39 is 0 Å². The highest BCUT2D eigenvalue weighted by Crippen LogP contribution is 2.57. The summed E-state index contributed by atoms with van der Waals surface area (Å²) in [7, 11) is 0. The summed E-state index contributed by atoms with van der Waals surface area (Å²) in [6, 6.07) is 23.1. The fourth-order valence-corrected chi connectivity index (χ4v) is 6.62. The molecule has 1 saturated heterocycles. The van der Waals surface area contributed by atoms with Crippen LogP contribution in [-0.4, -0.2) is 23.6 Å². The molecule has 0 N–H and O–H groups in total. The first kappa shape index (κ1) is 18.0. The average molecular weight is 366 g/mol. The highest BCUT2D eigenvalue weighted by atomic mass is 32.2. The van der Waals surface area contributed by atoms with Crippen LogP contribution in [-0.2, 0) is 5.41 Å². The summed E-state index contributed by atoms with van der Waals surface area (Å²) >= 11 is 2.25. The zero-order chi connectivity index (χ0) is 17.8. The second-order valence-electron chi connectivity index (χ2n) is 7.87. The third-order valence-corrected chi connectivity index (χ3v) is 7.95. The van der Waals surface area contributed by atoms with E-state index in [0.717, 1.165) is 0 Å². The lowest BCUT2D eigenvalue weighted by atomic mass is 9.60. The number of hydrogen-bond acceptors (Lipinski definition) is 2. The summed E-state index contributed by atoms with van der Waals surface area (Å²) in [5.74, 6) is 1.31. The molecule has 2 aromatic carbocycles. The molecule has 3 unspecified atom stereocenters. The zero-order valence-corrected chi connectivity index (χ0v) is 16.8. The van der Waals surface area contributed by atoms with Gasteiger partial charge < -0.3 is 4.90 Å². The molecule has 2 aliphatic rings. The van der Waals surface area contributed by atoms with Gasteiger partial charge in [-0.25, -0.2) is 0 Å². The largest absolute Gasteiger partial charge is 0.366 e. The number of fused-ring (bicyclic) bond motifs is 1. The standard InChI is InChI=1S/C24H31NS/c1-2-3-4-11-18-26-23-19-25(21-14-9-6-10-15-21)22-16-17-24(22,23)20-12-7-5-8-13-20/h5-10,12-15,22-23H,2-4,11,16-19H2,1H3. The van der Waals surface area contributed by atoms with Crippen molar-refractivity contribution in [3.05, 3.63) is 66.2 Å². The quantitative estimate of drug-likeness (QED) is 0.506. The third kappa shape index (κ3) is 3.17. The number of rotatable bonds is 8. The first-order chi connectivity index (χ1) is 12.9. The highest BCUT2D eigenvalue weighted by molar-refractivity contribution is 8.00. The summed E-state index contributed by atoms with van der Waals surface area (Å²) in [6.45, 7) is 3.49. The van der Waals surface area contributed by atoms with E-state index in [1.165, 1.54) is 56.5 Å². The van der Waals surface area contributed by atoms with Gasteiger partial charge in [-0.3, -0.25) is 0 Å². The molecule has 2 fully saturated rings. The Labute approximate surface area is 163 Å². The topological polar surface area (TPSA) is 3.24 Å². The maximum Gasteiger partial charge on any atom is 0.0398 e. The van der Waals surface area contributed by atoms with Gasteiger partial charge in [0.25, 0.3) is 0 Å². The van der Waals surface area contributed by atoms with Gasteiger partial charge in [0.05, 0.1) is 0 Å². The van der Waals surface area contributed by atoms with Crippen molar-refractivity contribution in [2.45, 2.75) is 62.2 Å². The summed E-state index contributed by atoms with van der Waals surface area (Å²) in [5.41, 5.74) is 3.33. The van der Waals surface area contributed by atoms with Crippen LogP contribution >= 0.6 is 11.8 Å². The second-order valence-corrected chi connectivity index (χ2v) is 9.18. The van der Waals surface area contributed by atoms with Gasteiger partial charge in [-0.2, -0.15) is 11.8 Å². The molecule has 0 radical (unpaired) electrons. The SMILES string of the molecule is CCCCCCSC1CN(c2ccccc2)C2CCC12c1ccccc1. The summed E-state index contributed by atoms with van der Waals surface area (Å²) < 4.78 is 0. The van der Waals surface area contributed by atoms with E-state index in [1.807, 2.05) is 0 Å². The number of para-hydroxylation sites is 1. The third-order valence-electron chi connectivity index (χ3n) is 6.46. The summed E-state index contributed by atoms with van der Waals surface area (Å²) in [4.78, 5) is 2.71. The van der Waals surface area contributed by atoms with E-state index in [2.05, 4.69) is 84.2 Å². The van der Waals surface area contributed by atoms with E-state index >= 15 is 0 Å². The van der Waals surface area contributed by atoms with Crippen molar-refractivity contribution in [3.8, 4) is 0 Å². The molecule has 0 bridgehead atoms. The lowest BCUT2D eigenvalue weighted by Gasteiger charge is -2.50. The monoisotopic (exact) mass is 365 g/mol. The molecule has 0 amide bonds. The Morgan fingerprint density at radius 2 is 1.69 bits per heavy atom. The molecule has 1 aliphatic carbocycles. The smallest absolute Gasteiger partial charge is 0.0398 e. The zero-order valence-electron chi connectivity index (χ0n) is 15.9. The first-order valence-corrected chi connectivity index (χ1v) is 11.4. The average Bonchev–Trinajstić information content (AvgIpc) is 2.89. The van der Waals surface area contributed by atoms with Crippen molar-refractivity contribution >= 4 is 17.4 Å².